The molecule has 25 heavy (non-hydrogen) atoms. The number of carbonyl (C=O) groups is 3. The highest BCUT2D eigenvalue weighted by Crippen LogP contribution is 2.24. The molecule has 0 unspecified atom stereocenters. The van der Waals surface area contributed by atoms with E-state index in [-0.39, 0.29) is 25.9 Å². The first-order chi connectivity index (χ1) is 11.9. The second-order valence-electron chi connectivity index (χ2n) is 5.91. The molecule has 1 fully saturated rings. The zero-order valence-corrected chi connectivity index (χ0v) is 15.1. The fourth-order valence-corrected chi connectivity index (χ4v) is 2.39. The number of esters is 3. The first kappa shape index (κ1) is 21.4. The van der Waals surface area contributed by atoms with E-state index in [2.05, 4.69) is 0 Å². The lowest BCUT2D eigenvalue weighted by molar-refractivity contribution is -0.268. The zero-order valence-electron chi connectivity index (χ0n) is 15.1. The molecule has 1 heterocycles. The minimum atomic E-state index is -1.46. The number of carbonyl (C=O) groups excluding carboxylic acids is 3. The second kappa shape index (κ2) is 11.0. The minimum Gasteiger partial charge on any atom is -0.456 e. The summed E-state index contributed by atoms with van der Waals surface area (Å²) in [6.45, 7) is 5.31. The third-order valence-electron chi connectivity index (χ3n) is 3.58. The van der Waals surface area contributed by atoms with E-state index in [0.29, 0.717) is 19.3 Å². The Morgan fingerprint density at radius 3 is 1.76 bits per heavy atom. The van der Waals surface area contributed by atoms with Crippen molar-refractivity contribution < 1.29 is 38.4 Å². The molecule has 0 aromatic rings. The highest BCUT2D eigenvalue weighted by Gasteiger charge is 2.46. The lowest BCUT2D eigenvalue weighted by Gasteiger charge is -2.38. The Balaban J connectivity index is 2.91. The lowest BCUT2D eigenvalue weighted by atomic mass is 10.0. The molecule has 1 saturated heterocycles. The third kappa shape index (κ3) is 6.99. The summed E-state index contributed by atoms with van der Waals surface area (Å²) in [7, 11) is 0. The fraction of sp³-hybridized carbons (Fsp3) is 0.824. The number of rotatable bonds is 9. The van der Waals surface area contributed by atoms with Crippen molar-refractivity contribution in [1.82, 2.24) is 0 Å². The molecule has 0 aromatic carbocycles. The minimum absolute atomic E-state index is 0.150. The molecule has 1 aliphatic rings. The Morgan fingerprint density at radius 1 is 0.840 bits per heavy atom. The molecule has 1 rings (SSSR count). The van der Waals surface area contributed by atoms with E-state index in [1.165, 1.54) is 0 Å². The van der Waals surface area contributed by atoms with Gasteiger partial charge >= 0.3 is 17.9 Å². The smallest absolute Gasteiger partial charge is 0.306 e. The van der Waals surface area contributed by atoms with Crippen LogP contribution in [-0.2, 0) is 33.3 Å². The monoisotopic (exact) mass is 360 g/mol. The molecule has 0 amide bonds. The second-order valence-corrected chi connectivity index (χ2v) is 5.91. The topological polar surface area (TPSA) is 108 Å². The molecule has 144 valence electrons. The van der Waals surface area contributed by atoms with Crippen LogP contribution in [0.1, 0.15) is 59.3 Å². The maximum absolute atomic E-state index is 11.9. The summed E-state index contributed by atoms with van der Waals surface area (Å²) < 4.78 is 21.0. The Bertz CT molecular complexity index is 450. The van der Waals surface area contributed by atoms with Gasteiger partial charge in [0.05, 0.1) is 6.61 Å². The van der Waals surface area contributed by atoms with Crippen LogP contribution < -0.4 is 0 Å². The molecule has 4 atom stereocenters. The van der Waals surface area contributed by atoms with Gasteiger partial charge in [0, 0.05) is 19.3 Å². The maximum Gasteiger partial charge on any atom is 0.306 e. The van der Waals surface area contributed by atoms with Gasteiger partial charge in [-0.05, 0) is 19.3 Å². The van der Waals surface area contributed by atoms with Gasteiger partial charge in [-0.2, -0.15) is 0 Å². The van der Waals surface area contributed by atoms with Crippen LogP contribution in [0.4, 0.5) is 0 Å². The van der Waals surface area contributed by atoms with Gasteiger partial charge in [-0.15, -0.1) is 0 Å². The van der Waals surface area contributed by atoms with E-state index in [1.54, 1.807) is 0 Å². The Morgan fingerprint density at radius 2 is 1.28 bits per heavy atom. The first-order valence-corrected chi connectivity index (χ1v) is 8.80. The van der Waals surface area contributed by atoms with Gasteiger partial charge in [0.15, 0.2) is 24.6 Å². The van der Waals surface area contributed by atoms with Crippen LogP contribution in [-0.4, -0.2) is 54.2 Å². The van der Waals surface area contributed by atoms with Crippen LogP contribution in [0.15, 0.2) is 0 Å². The van der Waals surface area contributed by atoms with Crippen LogP contribution in [0.25, 0.3) is 0 Å². The average molecular weight is 360 g/mol. The highest BCUT2D eigenvalue weighted by atomic mass is 16.7. The molecular formula is C17H28O8. The number of hydrogen-bond donors (Lipinski definition) is 1. The summed E-state index contributed by atoms with van der Waals surface area (Å²) in [6, 6.07) is 0. The molecule has 0 spiro atoms. The molecule has 8 heteroatoms. The van der Waals surface area contributed by atoms with E-state index in [9.17, 15) is 19.5 Å². The summed E-state index contributed by atoms with van der Waals surface area (Å²) in [4.78, 5) is 35.5. The molecule has 8 nitrogen and oxygen atoms in total. The summed E-state index contributed by atoms with van der Waals surface area (Å²) in [5.41, 5.74) is 0. The van der Waals surface area contributed by atoms with Crippen molar-refractivity contribution in [2.75, 3.05) is 6.61 Å². The van der Waals surface area contributed by atoms with Crippen molar-refractivity contribution >= 4 is 17.9 Å². The van der Waals surface area contributed by atoms with Crippen LogP contribution in [0.3, 0.4) is 0 Å². The van der Waals surface area contributed by atoms with Crippen molar-refractivity contribution in [3.05, 3.63) is 0 Å². The predicted octanol–water partition coefficient (Wildman–Crippen LogP) is 1.47. The molecule has 1 N–H and O–H groups in total. The van der Waals surface area contributed by atoms with Gasteiger partial charge < -0.3 is 24.1 Å². The van der Waals surface area contributed by atoms with Crippen molar-refractivity contribution in [2.45, 2.75) is 83.9 Å². The predicted molar refractivity (Wildman–Crippen MR) is 86.3 cm³/mol. The number of hydrogen-bond acceptors (Lipinski definition) is 8. The third-order valence-corrected chi connectivity index (χ3v) is 3.58. The van der Waals surface area contributed by atoms with Gasteiger partial charge in [0.1, 0.15) is 0 Å². The van der Waals surface area contributed by atoms with Crippen molar-refractivity contribution in [1.29, 1.82) is 0 Å². The molecule has 0 bridgehead atoms. The Kier molecular flexibility index (Phi) is 9.44. The van der Waals surface area contributed by atoms with Gasteiger partial charge in [0.25, 0.3) is 0 Å². The van der Waals surface area contributed by atoms with Crippen molar-refractivity contribution in [3.8, 4) is 0 Å². The molecule has 1 aliphatic heterocycles. The summed E-state index contributed by atoms with van der Waals surface area (Å²) >= 11 is 0. The summed E-state index contributed by atoms with van der Waals surface area (Å²) in [6.07, 6.45) is -2.48. The van der Waals surface area contributed by atoms with Crippen molar-refractivity contribution in [3.63, 3.8) is 0 Å². The molecule has 0 aliphatic carbocycles. The summed E-state index contributed by atoms with van der Waals surface area (Å²) in [5, 5.41) is 10.0. The first-order valence-electron chi connectivity index (χ1n) is 8.80. The average Bonchev–Trinajstić information content (AvgIpc) is 2.54. The highest BCUT2D eigenvalue weighted by molar-refractivity contribution is 5.71. The Hall–Kier alpha value is -1.67. The van der Waals surface area contributed by atoms with E-state index < -0.39 is 42.5 Å². The summed E-state index contributed by atoms with van der Waals surface area (Å²) in [5.74, 6) is -1.54. The van der Waals surface area contributed by atoms with Crippen LogP contribution in [0, 0.1) is 0 Å². The molecule has 0 radical (unpaired) electrons. The Labute approximate surface area is 147 Å². The van der Waals surface area contributed by atoms with E-state index >= 15 is 0 Å². The van der Waals surface area contributed by atoms with Gasteiger partial charge in [0.2, 0.25) is 0 Å². The quantitative estimate of drug-likeness (QED) is 0.486. The maximum atomic E-state index is 11.9. The van der Waals surface area contributed by atoms with Crippen LogP contribution in [0.2, 0.25) is 0 Å². The van der Waals surface area contributed by atoms with Crippen LogP contribution in [0.5, 0.6) is 0 Å². The van der Waals surface area contributed by atoms with Gasteiger partial charge in [-0.25, -0.2) is 0 Å². The largest absolute Gasteiger partial charge is 0.456 e. The van der Waals surface area contributed by atoms with Gasteiger partial charge in [-0.3, -0.25) is 14.4 Å². The number of aliphatic hydroxyl groups excluding tert-OH is 1. The molecule has 0 saturated carbocycles. The lowest BCUT2D eigenvalue weighted by Crippen LogP contribution is -2.57. The van der Waals surface area contributed by atoms with Gasteiger partial charge in [-0.1, -0.05) is 20.8 Å². The van der Waals surface area contributed by atoms with E-state index in [1.807, 2.05) is 20.8 Å². The molecule has 0 aromatic heterocycles. The molecular weight excluding hydrogens is 332 g/mol. The van der Waals surface area contributed by atoms with Crippen LogP contribution >= 0.6 is 0 Å². The van der Waals surface area contributed by atoms with E-state index in [0.717, 1.165) is 0 Å². The fourth-order valence-electron chi connectivity index (χ4n) is 2.39. The number of ether oxygens (including phenoxy) is 4. The van der Waals surface area contributed by atoms with Crippen molar-refractivity contribution in [2.24, 2.45) is 0 Å². The van der Waals surface area contributed by atoms with E-state index in [4.69, 9.17) is 18.9 Å². The normalized spacial score (nSPS) is 25.9. The number of aliphatic hydroxyl groups is 1. The standard InChI is InChI=1S/C17H28O8/c1-4-7-12(18)23-11-10-22-17(21)16(25-14(20)9-6-3)15(11)24-13(19)8-5-2/h11,15-17,21H,4-10H2,1-3H3/t11-,15+,16-,17+/m1/s1. The zero-order chi connectivity index (χ0) is 18.8. The SMILES string of the molecule is CCCC(=O)O[C@@H]1[C@@H](OC(=O)CCC)[C@H](OC(=O)CCC)CO[C@@H]1O.